The predicted molar refractivity (Wildman–Crippen MR) is 79.7 cm³/mol. The van der Waals surface area contributed by atoms with Crippen molar-refractivity contribution in [3.8, 4) is 11.5 Å². The molecule has 0 saturated carbocycles. The van der Waals surface area contributed by atoms with E-state index in [9.17, 15) is 4.79 Å². The zero-order valence-corrected chi connectivity index (χ0v) is 12.8. The van der Waals surface area contributed by atoms with Gasteiger partial charge in [-0.2, -0.15) is 0 Å². The molecule has 0 aliphatic carbocycles. The van der Waals surface area contributed by atoms with Crippen LogP contribution in [0.3, 0.4) is 0 Å². The van der Waals surface area contributed by atoms with Gasteiger partial charge in [-0.1, -0.05) is 6.07 Å². The lowest BCUT2D eigenvalue weighted by molar-refractivity contribution is -0.130. The molecule has 116 valence electrons. The van der Waals surface area contributed by atoms with E-state index in [1.807, 2.05) is 32.0 Å². The van der Waals surface area contributed by atoms with Gasteiger partial charge in [0.2, 0.25) is 5.91 Å². The van der Waals surface area contributed by atoms with Gasteiger partial charge in [-0.05, 0) is 44.4 Å². The van der Waals surface area contributed by atoms with E-state index < -0.39 is 0 Å². The largest absolute Gasteiger partial charge is 0.493 e. The number of benzene rings is 1. The van der Waals surface area contributed by atoms with E-state index in [2.05, 4.69) is 5.32 Å². The van der Waals surface area contributed by atoms with E-state index in [1.54, 1.807) is 7.11 Å². The van der Waals surface area contributed by atoms with Crippen molar-refractivity contribution in [1.82, 2.24) is 5.32 Å². The Hall–Kier alpha value is -1.75. The lowest BCUT2D eigenvalue weighted by Gasteiger charge is -2.18. The number of carbonyl (C=O) groups is 1. The monoisotopic (exact) mass is 293 g/mol. The molecule has 2 atom stereocenters. The van der Waals surface area contributed by atoms with Crippen LogP contribution in [0, 0.1) is 0 Å². The highest BCUT2D eigenvalue weighted by Crippen LogP contribution is 2.30. The van der Waals surface area contributed by atoms with Crippen LogP contribution >= 0.6 is 0 Å². The Kier molecular flexibility index (Phi) is 5.44. The fourth-order valence-electron chi connectivity index (χ4n) is 2.40. The molecule has 2 rings (SSSR count). The van der Waals surface area contributed by atoms with Crippen molar-refractivity contribution in [2.45, 2.75) is 38.8 Å². The van der Waals surface area contributed by atoms with Gasteiger partial charge in [0.15, 0.2) is 11.5 Å². The molecule has 1 aromatic rings. The maximum absolute atomic E-state index is 12.1. The van der Waals surface area contributed by atoms with Crippen LogP contribution in [0.25, 0.3) is 0 Å². The highest BCUT2D eigenvalue weighted by Gasteiger charge is 2.25. The minimum Gasteiger partial charge on any atom is -0.493 e. The summed E-state index contributed by atoms with van der Waals surface area (Å²) in [6.45, 7) is 5.13. The molecule has 1 amide bonds. The van der Waals surface area contributed by atoms with Gasteiger partial charge in [0.1, 0.15) is 6.10 Å². The second-order valence-electron chi connectivity index (χ2n) is 5.08. The molecule has 5 nitrogen and oxygen atoms in total. The summed E-state index contributed by atoms with van der Waals surface area (Å²) in [4.78, 5) is 12.1. The molecule has 5 heteroatoms. The highest BCUT2D eigenvalue weighted by atomic mass is 16.5. The number of rotatable bonds is 6. The first-order chi connectivity index (χ1) is 10.2. The van der Waals surface area contributed by atoms with Gasteiger partial charge in [0, 0.05) is 6.61 Å². The molecule has 0 spiro atoms. The van der Waals surface area contributed by atoms with Crippen LogP contribution in [-0.2, 0) is 9.53 Å². The standard InChI is InChI=1S/C16H23NO4/c1-4-20-13-8-7-12(10-15(13)19-3)11(2)17-16(18)14-6-5-9-21-14/h7-8,10-11,14H,4-6,9H2,1-3H3,(H,17,18)/t11-,14+/m0/s1. The SMILES string of the molecule is CCOc1ccc([C@H](C)NC(=O)[C@H]2CCCO2)cc1OC. The van der Waals surface area contributed by atoms with Crippen molar-refractivity contribution in [2.75, 3.05) is 20.3 Å². The van der Waals surface area contributed by atoms with Gasteiger partial charge in [0.25, 0.3) is 0 Å². The Morgan fingerprint density at radius 3 is 2.90 bits per heavy atom. The fourth-order valence-corrected chi connectivity index (χ4v) is 2.40. The summed E-state index contributed by atoms with van der Waals surface area (Å²) in [5, 5.41) is 2.98. The molecule has 0 unspecified atom stereocenters. The summed E-state index contributed by atoms with van der Waals surface area (Å²) in [5.74, 6) is 1.34. The van der Waals surface area contributed by atoms with E-state index in [-0.39, 0.29) is 18.1 Å². The fraction of sp³-hybridized carbons (Fsp3) is 0.562. The van der Waals surface area contributed by atoms with Gasteiger partial charge in [-0.25, -0.2) is 0 Å². The number of carbonyl (C=O) groups excluding carboxylic acids is 1. The first-order valence-corrected chi connectivity index (χ1v) is 7.38. The number of nitrogens with one attached hydrogen (secondary N) is 1. The Bertz CT molecular complexity index is 483. The summed E-state index contributed by atoms with van der Waals surface area (Å²) < 4.78 is 16.2. The highest BCUT2D eigenvalue weighted by molar-refractivity contribution is 5.81. The second kappa shape index (κ2) is 7.31. The van der Waals surface area contributed by atoms with Crippen molar-refractivity contribution in [1.29, 1.82) is 0 Å². The van der Waals surface area contributed by atoms with Gasteiger partial charge in [-0.3, -0.25) is 4.79 Å². The Morgan fingerprint density at radius 1 is 1.48 bits per heavy atom. The molecule has 0 radical (unpaired) electrons. The predicted octanol–water partition coefficient (Wildman–Crippen LogP) is 2.45. The van der Waals surface area contributed by atoms with Crippen LogP contribution < -0.4 is 14.8 Å². The topological polar surface area (TPSA) is 56.8 Å². The number of hydrogen-bond acceptors (Lipinski definition) is 4. The van der Waals surface area contributed by atoms with Gasteiger partial charge in [-0.15, -0.1) is 0 Å². The van der Waals surface area contributed by atoms with Crippen molar-refractivity contribution >= 4 is 5.91 Å². The Balaban J connectivity index is 2.04. The number of amides is 1. The molecule has 1 fully saturated rings. The van der Waals surface area contributed by atoms with E-state index in [0.717, 1.165) is 18.4 Å². The molecular formula is C16H23NO4. The van der Waals surface area contributed by atoms with Gasteiger partial charge < -0.3 is 19.5 Å². The van der Waals surface area contributed by atoms with Crippen LogP contribution in [0.2, 0.25) is 0 Å². The summed E-state index contributed by atoms with van der Waals surface area (Å²) in [5.41, 5.74) is 0.974. The third-order valence-electron chi connectivity index (χ3n) is 3.57. The first-order valence-electron chi connectivity index (χ1n) is 7.38. The summed E-state index contributed by atoms with van der Waals surface area (Å²) in [6.07, 6.45) is 1.44. The molecule has 1 aromatic carbocycles. The van der Waals surface area contributed by atoms with Crippen molar-refractivity contribution < 1.29 is 19.0 Å². The molecule has 1 aliphatic heterocycles. The molecule has 1 heterocycles. The zero-order chi connectivity index (χ0) is 15.2. The average molecular weight is 293 g/mol. The van der Waals surface area contributed by atoms with Crippen molar-refractivity contribution in [2.24, 2.45) is 0 Å². The summed E-state index contributed by atoms with van der Waals surface area (Å²) in [7, 11) is 1.61. The maximum atomic E-state index is 12.1. The first kappa shape index (κ1) is 15.6. The quantitative estimate of drug-likeness (QED) is 0.875. The molecule has 0 aromatic heterocycles. The number of methoxy groups -OCH3 is 1. The zero-order valence-electron chi connectivity index (χ0n) is 12.8. The Morgan fingerprint density at radius 2 is 2.29 bits per heavy atom. The van der Waals surface area contributed by atoms with Crippen LogP contribution in [0.15, 0.2) is 18.2 Å². The minimum absolute atomic E-state index is 0.0483. The second-order valence-corrected chi connectivity index (χ2v) is 5.08. The number of hydrogen-bond donors (Lipinski definition) is 1. The van der Waals surface area contributed by atoms with Crippen LogP contribution in [0.1, 0.15) is 38.3 Å². The third-order valence-corrected chi connectivity index (χ3v) is 3.57. The van der Waals surface area contributed by atoms with E-state index in [1.165, 1.54) is 0 Å². The van der Waals surface area contributed by atoms with Gasteiger partial charge in [0.05, 0.1) is 19.8 Å². The molecular weight excluding hydrogens is 270 g/mol. The summed E-state index contributed by atoms with van der Waals surface area (Å²) >= 11 is 0. The van der Waals surface area contributed by atoms with E-state index in [4.69, 9.17) is 14.2 Å². The average Bonchev–Trinajstić information content (AvgIpc) is 3.02. The van der Waals surface area contributed by atoms with E-state index in [0.29, 0.717) is 24.7 Å². The van der Waals surface area contributed by atoms with Crippen LogP contribution in [0.5, 0.6) is 11.5 Å². The molecule has 1 aliphatic rings. The van der Waals surface area contributed by atoms with Crippen molar-refractivity contribution in [3.63, 3.8) is 0 Å². The van der Waals surface area contributed by atoms with E-state index >= 15 is 0 Å². The lowest BCUT2D eigenvalue weighted by Crippen LogP contribution is -2.35. The molecule has 1 N–H and O–H groups in total. The lowest BCUT2D eigenvalue weighted by atomic mass is 10.1. The molecule has 21 heavy (non-hydrogen) atoms. The van der Waals surface area contributed by atoms with Crippen LogP contribution in [0.4, 0.5) is 0 Å². The van der Waals surface area contributed by atoms with Gasteiger partial charge >= 0.3 is 0 Å². The van der Waals surface area contributed by atoms with Crippen molar-refractivity contribution in [3.05, 3.63) is 23.8 Å². The van der Waals surface area contributed by atoms with Crippen LogP contribution in [-0.4, -0.2) is 32.3 Å². The third kappa shape index (κ3) is 3.88. The maximum Gasteiger partial charge on any atom is 0.249 e. The smallest absolute Gasteiger partial charge is 0.249 e. The number of ether oxygens (including phenoxy) is 3. The Labute approximate surface area is 125 Å². The summed E-state index contributed by atoms with van der Waals surface area (Å²) in [6, 6.07) is 5.59. The molecule has 0 bridgehead atoms. The molecule has 1 saturated heterocycles. The minimum atomic E-state index is -0.308. The normalized spacial score (nSPS) is 19.1.